The van der Waals surface area contributed by atoms with E-state index in [1.165, 1.54) is 12.8 Å². The van der Waals surface area contributed by atoms with E-state index in [0.717, 1.165) is 25.0 Å². The summed E-state index contributed by atoms with van der Waals surface area (Å²) in [6.07, 6.45) is 2.98. The fourth-order valence-corrected chi connectivity index (χ4v) is 2.07. The zero-order valence-corrected chi connectivity index (χ0v) is 6.47. The minimum atomic E-state index is 0.392. The Hall–Kier alpha value is -0.0800. The average Bonchev–Trinajstić information content (AvgIpc) is 2.36. The smallest absolute Gasteiger partial charge is 0.111 e. The highest BCUT2D eigenvalue weighted by Gasteiger charge is 2.34. The highest BCUT2D eigenvalue weighted by Crippen LogP contribution is 2.31. The van der Waals surface area contributed by atoms with Crippen molar-refractivity contribution in [2.24, 2.45) is 11.8 Å². The molecule has 2 fully saturated rings. The summed E-state index contributed by atoms with van der Waals surface area (Å²) in [6.45, 7) is 4.45. The molecule has 0 aliphatic carbocycles. The molecule has 2 nitrogen and oxygen atoms in total. The molecule has 0 aromatic carbocycles. The Morgan fingerprint density at radius 3 is 3.10 bits per heavy atom. The van der Waals surface area contributed by atoms with Crippen molar-refractivity contribution in [3.05, 3.63) is 0 Å². The van der Waals surface area contributed by atoms with Crippen LogP contribution < -0.4 is 5.32 Å². The van der Waals surface area contributed by atoms with Crippen LogP contribution in [0.5, 0.6) is 0 Å². The standard InChI is InChI=1S/C8H15NO/c1-6-2-4-9-8-7(6)3-5-10-8/h6-9H,2-5H2,1H3. The monoisotopic (exact) mass is 141 g/mol. The van der Waals surface area contributed by atoms with Crippen LogP contribution in [0.2, 0.25) is 0 Å². The Balaban J connectivity index is 2.03. The minimum absolute atomic E-state index is 0.392. The maximum absolute atomic E-state index is 5.52. The van der Waals surface area contributed by atoms with Crippen LogP contribution in [0.1, 0.15) is 19.8 Å². The van der Waals surface area contributed by atoms with Crippen LogP contribution in [-0.2, 0) is 4.74 Å². The molecule has 58 valence electrons. The van der Waals surface area contributed by atoms with Crippen molar-refractivity contribution in [1.82, 2.24) is 5.32 Å². The summed E-state index contributed by atoms with van der Waals surface area (Å²) in [5.41, 5.74) is 0. The molecule has 10 heavy (non-hydrogen) atoms. The molecule has 3 unspecified atom stereocenters. The maximum atomic E-state index is 5.52. The number of piperidine rings is 1. The highest BCUT2D eigenvalue weighted by molar-refractivity contribution is 4.83. The molecule has 2 heteroatoms. The third-order valence-corrected chi connectivity index (χ3v) is 2.81. The van der Waals surface area contributed by atoms with Gasteiger partial charge < -0.3 is 4.74 Å². The summed E-state index contributed by atoms with van der Waals surface area (Å²) in [7, 11) is 0. The summed E-state index contributed by atoms with van der Waals surface area (Å²) >= 11 is 0. The van der Waals surface area contributed by atoms with Crippen molar-refractivity contribution >= 4 is 0 Å². The number of nitrogens with one attached hydrogen (secondary N) is 1. The number of hydrogen-bond acceptors (Lipinski definition) is 2. The van der Waals surface area contributed by atoms with Crippen molar-refractivity contribution in [3.63, 3.8) is 0 Å². The van der Waals surface area contributed by atoms with Gasteiger partial charge in [-0.3, -0.25) is 5.32 Å². The Labute approximate surface area is 61.9 Å². The van der Waals surface area contributed by atoms with E-state index in [2.05, 4.69) is 12.2 Å². The molecule has 0 saturated carbocycles. The van der Waals surface area contributed by atoms with Gasteiger partial charge in [-0.05, 0) is 25.3 Å². The van der Waals surface area contributed by atoms with Crippen LogP contribution in [0.3, 0.4) is 0 Å². The first-order valence-corrected chi connectivity index (χ1v) is 4.23. The Morgan fingerprint density at radius 2 is 2.30 bits per heavy atom. The van der Waals surface area contributed by atoms with Crippen LogP contribution in [-0.4, -0.2) is 19.4 Å². The van der Waals surface area contributed by atoms with Gasteiger partial charge in [-0.1, -0.05) is 6.92 Å². The molecule has 2 aliphatic heterocycles. The van der Waals surface area contributed by atoms with Crippen molar-refractivity contribution in [1.29, 1.82) is 0 Å². The molecule has 0 aromatic heterocycles. The SMILES string of the molecule is CC1CCNC2OCCC12. The molecule has 2 saturated heterocycles. The predicted molar refractivity (Wildman–Crippen MR) is 39.6 cm³/mol. The topological polar surface area (TPSA) is 21.3 Å². The molecule has 3 atom stereocenters. The van der Waals surface area contributed by atoms with Crippen LogP contribution in [0.25, 0.3) is 0 Å². The van der Waals surface area contributed by atoms with Crippen molar-refractivity contribution in [3.8, 4) is 0 Å². The minimum Gasteiger partial charge on any atom is -0.363 e. The molecule has 1 N–H and O–H groups in total. The lowest BCUT2D eigenvalue weighted by Crippen LogP contribution is -2.42. The summed E-state index contributed by atoms with van der Waals surface area (Å²) in [4.78, 5) is 0. The number of hydrogen-bond donors (Lipinski definition) is 1. The fraction of sp³-hybridized carbons (Fsp3) is 1.00. The van der Waals surface area contributed by atoms with Gasteiger partial charge in [0, 0.05) is 12.5 Å². The van der Waals surface area contributed by atoms with Crippen molar-refractivity contribution in [2.45, 2.75) is 26.0 Å². The van der Waals surface area contributed by atoms with E-state index in [-0.39, 0.29) is 0 Å². The first-order valence-electron chi connectivity index (χ1n) is 4.23. The summed E-state index contributed by atoms with van der Waals surface area (Å²) in [6, 6.07) is 0. The fourth-order valence-electron chi connectivity index (χ4n) is 2.07. The first-order chi connectivity index (χ1) is 4.88. The van der Waals surface area contributed by atoms with Gasteiger partial charge in [0.2, 0.25) is 0 Å². The molecule has 2 rings (SSSR count). The molecule has 0 amide bonds. The molecule has 0 bridgehead atoms. The Bertz CT molecular complexity index is 126. The second-order valence-electron chi connectivity index (χ2n) is 3.46. The lowest BCUT2D eigenvalue weighted by molar-refractivity contribution is 0.0301. The second-order valence-corrected chi connectivity index (χ2v) is 3.46. The van der Waals surface area contributed by atoms with E-state index in [9.17, 15) is 0 Å². The van der Waals surface area contributed by atoms with E-state index >= 15 is 0 Å². The van der Waals surface area contributed by atoms with Gasteiger partial charge in [-0.25, -0.2) is 0 Å². The van der Waals surface area contributed by atoms with Gasteiger partial charge in [0.15, 0.2) is 0 Å². The van der Waals surface area contributed by atoms with Crippen LogP contribution in [0.15, 0.2) is 0 Å². The van der Waals surface area contributed by atoms with Gasteiger partial charge in [0.25, 0.3) is 0 Å². The van der Waals surface area contributed by atoms with Gasteiger partial charge in [0.05, 0.1) is 0 Å². The highest BCUT2D eigenvalue weighted by atomic mass is 16.5. The van der Waals surface area contributed by atoms with Gasteiger partial charge in [-0.15, -0.1) is 0 Å². The van der Waals surface area contributed by atoms with Gasteiger partial charge in [-0.2, -0.15) is 0 Å². The third kappa shape index (κ3) is 0.956. The molecular weight excluding hydrogens is 126 g/mol. The molecule has 2 aliphatic rings. The molecule has 0 radical (unpaired) electrons. The number of rotatable bonds is 0. The lowest BCUT2D eigenvalue weighted by atomic mass is 9.86. The largest absolute Gasteiger partial charge is 0.363 e. The van der Waals surface area contributed by atoms with E-state index < -0.39 is 0 Å². The van der Waals surface area contributed by atoms with Crippen LogP contribution in [0, 0.1) is 11.8 Å². The maximum Gasteiger partial charge on any atom is 0.111 e. The van der Waals surface area contributed by atoms with Crippen molar-refractivity contribution in [2.75, 3.05) is 13.2 Å². The van der Waals surface area contributed by atoms with Gasteiger partial charge in [0.1, 0.15) is 6.23 Å². The molecular formula is C8H15NO. The van der Waals surface area contributed by atoms with Crippen molar-refractivity contribution < 1.29 is 4.74 Å². The van der Waals surface area contributed by atoms with Gasteiger partial charge >= 0.3 is 0 Å². The molecule has 0 aromatic rings. The quantitative estimate of drug-likeness (QED) is 0.543. The van der Waals surface area contributed by atoms with E-state index in [1.54, 1.807) is 0 Å². The van der Waals surface area contributed by atoms with E-state index in [1.807, 2.05) is 0 Å². The molecule has 0 spiro atoms. The second kappa shape index (κ2) is 2.51. The lowest BCUT2D eigenvalue weighted by Gasteiger charge is -2.30. The number of ether oxygens (including phenoxy) is 1. The van der Waals surface area contributed by atoms with Crippen LogP contribution >= 0.6 is 0 Å². The first kappa shape index (κ1) is 6.62. The Kier molecular flexibility index (Phi) is 1.66. The van der Waals surface area contributed by atoms with Crippen LogP contribution in [0.4, 0.5) is 0 Å². The zero-order valence-electron chi connectivity index (χ0n) is 6.47. The summed E-state index contributed by atoms with van der Waals surface area (Å²) in [5.74, 6) is 1.67. The Morgan fingerprint density at radius 1 is 1.40 bits per heavy atom. The van der Waals surface area contributed by atoms with E-state index in [4.69, 9.17) is 4.74 Å². The normalized spacial score (nSPS) is 47.1. The summed E-state index contributed by atoms with van der Waals surface area (Å²) in [5, 5.41) is 3.39. The molecule has 2 heterocycles. The summed E-state index contributed by atoms with van der Waals surface area (Å²) < 4.78 is 5.52. The average molecular weight is 141 g/mol. The predicted octanol–water partition coefficient (Wildman–Crippen LogP) is 0.978. The zero-order chi connectivity index (χ0) is 6.97. The number of fused-ring (bicyclic) bond motifs is 1. The van der Waals surface area contributed by atoms with E-state index in [0.29, 0.717) is 6.23 Å². The third-order valence-electron chi connectivity index (χ3n) is 2.81.